The average Bonchev–Trinajstić information content (AvgIpc) is 2.42. The Labute approximate surface area is 122 Å². The van der Waals surface area contributed by atoms with Crippen LogP contribution < -0.4 is 10.6 Å². The predicted octanol–water partition coefficient (Wildman–Crippen LogP) is 3.29. The number of aromatic nitrogens is 2. The summed E-state index contributed by atoms with van der Waals surface area (Å²) >= 11 is 0. The summed E-state index contributed by atoms with van der Waals surface area (Å²) in [6.07, 6.45) is 2.13. The monoisotopic (exact) mass is 280 g/mol. The van der Waals surface area contributed by atoms with E-state index < -0.39 is 0 Å². The SMILES string of the molecule is CCCNc1cc(NC(CC)C(C)C)nc(COC)n1. The quantitative estimate of drug-likeness (QED) is 0.727. The first kappa shape index (κ1) is 16.7. The smallest absolute Gasteiger partial charge is 0.158 e. The summed E-state index contributed by atoms with van der Waals surface area (Å²) in [4.78, 5) is 8.97. The molecule has 2 N–H and O–H groups in total. The molecule has 0 saturated carbocycles. The maximum Gasteiger partial charge on any atom is 0.158 e. The van der Waals surface area contributed by atoms with E-state index in [0.29, 0.717) is 24.4 Å². The molecule has 0 aliphatic heterocycles. The highest BCUT2D eigenvalue weighted by Crippen LogP contribution is 2.17. The minimum atomic E-state index is 0.416. The van der Waals surface area contributed by atoms with Gasteiger partial charge in [0.05, 0.1) is 0 Å². The molecule has 0 saturated heterocycles. The Morgan fingerprint density at radius 2 is 1.90 bits per heavy atom. The number of hydrogen-bond donors (Lipinski definition) is 2. The molecule has 5 nitrogen and oxygen atoms in total. The van der Waals surface area contributed by atoms with Gasteiger partial charge < -0.3 is 15.4 Å². The summed E-state index contributed by atoms with van der Waals surface area (Å²) in [6.45, 7) is 10.1. The van der Waals surface area contributed by atoms with Crippen molar-refractivity contribution < 1.29 is 4.74 Å². The third-order valence-corrected chi connectivity index (χ3v) is 3.18. The minimum Gasteiger partial charge on any atom is -0.377 e. The van der Waals surface area contributed by atoms with Crippen LogP contribution in [0, 0.1) is 5.92 Å². The zero-order valence-corrected chi connectivity index (χ0v) is 13.4. The molecule has 1 aromatic rings. The van der Waals surface area contributed by atoms with Crippen LogP contribution in [0.4, 0.5) is 11.6 Å². The molecule has 0 fully saturated rings. The van der Waals surface area contributed by atoms with E-state index in [2.05, 4.69) is 48.3 Å². The van der Waals surface area contributed by atoms with Gasteiger partial charge in [0.25, 0.3) is 0 Å². The van der Waals surface area contributed by atoms with E-state index in [9.17, 15) is 0 Å². The van der Waals surface area contributed by atoms with Crippen LogP contribution in [-0.4, -0.2) is 29.7 Å². The molecule has 1 aromatic heterocycles. The van der Waals surface area contributed by atoms with E-state index in [0.717, 1.165) is 31.0 Å². The lowest BCUT2D eigenvalue weighted by Crippen LogP contribution is -2.25. The number of rotatable bonds is 9. The van der Waals surface area contributed by atoms with Crippen molar-refractivity contribution in [2.45, 2.75) is 53.2 Å². The van der Waals surface area contributed by atoms with Crippen LogP contribution in [0.5, 0.6) is 0 Å². The average molecular weight is 280 g/mol. The van der Waals surface area contributed by atoms with Crippen molar-refractivity contribution in [1.29, 1.82) is 0 Å². The number of ether oxygens (including phenoxy) is 1. The molecule has 0 radical (unpaired) electrons. The molecule has 114 valence electrons. The van der Waals surface area contributed by atoms with Crippen molar-refractivity contribution in [3.05, 3.63) is 11.9 Å². The summed E-state index contributed by atoms with van der Waals surface area (Å²) in [7, 11) is 1.66. The van der Waals surface area contributed by atoms with Gasteiger partial charge in [-0.2, -0.15) is 0 Å². The lowest BCUT2D eigenvalue weighted by molar-refractivity contribution is 0.178. The zero-order valence-electron chi connectivity index (χ0n) is 13.4. The van der Waals surface area contributed by atoms with Gasteiger partial charge in [-0.25, -0.2) is 9.97 Å². The molecule has 1 atom stereocenters. The van der Waals surface area contributed by atoms with Crippen LogP contribution in [0.25, 0.3) is 0 Å². The first-order valence-corrected chi connectivity index (χ1v) is 7.47. The minimum absolute atomic E-state index is 0.416. The fraction of sp³-hybridized carbons (Fsp3) is 0.733. The second-order valence-corrected chi connectivity index (χ2v) is 5.32. The number of anilines is 2. The third kappa shape index (κ3) is 5.33. The largest absolute Gasteiger partial charge is 0.377 e. The molecule has 0 amide bonds. The summed E-state index contributed by atoms with van der Waals surface area (Å²) in [5, 5.41) is 6.80. The van der Waals surface area contributed by atoms with Gasteiger partial charge >= 0.3 is 0 Å². The molecule has 0 bridgehead atoms. The lowest BCUT2D eigenvalue weighted by Gasteiger charge is -2.22. The lowest BCUT2D eigenvalue weighted by atomic mass is 10.0. The van der Waals surface area contributed by atoms with Gasteiger partial charge in [0.1, 0.15) is 18.2 Å². The molecule has 0 aromatic carbocycles. The second-order valence-electron chi connectivity index (χ2n) is 5.32. The predicted molar refractivity (Wildman–Crippen MR) is 84.1 cm³/mol. The Morgan fingerprint density at radius 3 is 2.45 bits per heavy atom. The topological polar surface area (TPSA) is 59.1 Å². The van der Waals surface area contributed by atoms with Gasteiger partial charge in [-0.05, 0) is 18.8 Å². The highest BCUT2D eigenvalue weighted by atomic mass is 16.5. The fourth-order valence-corrected chi connectivity index (χ4v) is 2.04. The van der Waals surface area contributed by atoms with Crippen LogP contribution in [0.2, 0.25) is 0 Å². The number of nitrogens with zero attached hydrogens (tertiary/aromatic N) is 2. The van der Waals surface area contributed by atoms with Crippen molar-refractivity contribution in [2.75, 3.05) is 24.3 Å². The van der Waals surface area contributed by atoms with E-state index in [-0.39, 0.29) is 0 Å². The van der Waals surface area contributed by atoms with Crippen LogP contribution in [0.3, 0.4) is 0 Å². The van der Waals surface area contributed by atoms with Crippen LogP contribution >= 0.6 is 0 Å². The van der Waals surface area contributed by atoms with Crippen molar-refractivity contribution >= 4 is 11.6 Å². The van der Waals surface area contributed by atoms with E-state index in [1.54, 1.807) is 7.11 Å². The summed E-state index contributed by atoms with van der Waals surface area (Å²) < 4.78 is 5.14. The molecule has 1 unspecified atom stereocenters. The van der Waals surface area contributed by atoms with E-state index in [1.165, 1.54) is 0 Å². The normalized spacial score (nSPS) is 12.5. The van der Waals surface area contributed by atoms with E-state index >= 15 is 0 Å². The van der Waals surface area contributed by atoms with Crippen molar-refractivity contribution in [1.82, 2.24) is 9.97 Å². The summed E-state index contributed by atoms with van der Waals surface area (Å²) in [5.41, 5.74) is 0. The van der Waals surface area contributed by atoms with Gasteiger partial charge in [-0.1, -0.05) is 27.7 Å². The van der Waals surface area contributed by atoms with Crippen LogP contribution in [0.1, 0.15) is 46.4 Å². The number of nitrogens with one attached hydrogen (secondary N) is 2. The summed E-state index contributed by atoms with van der Waals surface area (Å²) in [6, 6.07) is 2.39. The molecule has 5 heteroatoms. The van der Waals surface area contributed by atoms with Crippen molar-refractivity contribution in [3.8, 4) is 0 Å². The Balaban J connectivity index is 2.89. The molecule has 0 aliphatic carbocycles. The highest BCUT2D eigenvalue weighted by Gasteiger charge is 2.13. The van der Waals surface area contributed by atoms with Gasteiger partial charge in [-0.3, -0.25) is 0 Å². The van der Waals surface area contributed by atoms with Crippen LogP contribution in [-0.2, 0) is 11.3 Å². The maximum absolute atomic E-state index is 5.14. The van der Waals surface area contributed by atoms with Crippen LogP contribution in [0.15, 0.2) is 6.07 Å². The Bertz CT molecular complexity index is 395. The molecule has 1 heterocycles. The molecule has 1 rings (SSSR count). The van der Waals surface area contributed by atoms with Gasteiger partial charge in [0, 0.05) is 25.8 Å². The molecular weight excluding hydrogens is 252 g/mol. The zero-order chi connectivity index (χ0) is 15.0. The second kappa shape index (κ2) is 8.74. The molecule has 0 spiro atoms. The highest BCUT2D eigenvalue weighted by molar-refractivity contribution is 5.48. The van der Waals surface area contributed by atoms with Gasteiger partial charge in [-0.15, -0.1) is 0 Å². The third-order valence-electron chi connectivity index (χ3n) is 3.18. The van der Waals surface area contributed by atoms with Crippen molar-refractivity contribution in [3.63, 3.8) is 0 Å². The Hall–Kier alpha value is -1.36. The molecular formula is C15H28N4O. The first-order chi connectivity index (χ1) is 9.60. The number of methoxy groups -OCH3 is 1. The van der Waals surface area contributed by atoms with Gasteiger partial charge in [0.15, 0.2) is 5.82 Å². The first-order valence-electron chi connectivity index (χ1n) is 7.47. The standard InChI is InChI=1S/C15H28N4O/c1-6-8-16-13-9-14(17-12(7-2)11(3)4)19-15(18-13)10-20-5/h9,11-12H,6-8,10H2,1-5H3,(H2,16,17,18,19). The van der Waals surface area contributed by atoms with E-state index in [4.69, 9.17) is 4.74 Å². The van der Waals surface area contributed by atoms with E-state index in [1.807, 2.05) is 6.07 Å². The Morgan fingerprint density at radius 1 is 1.20 bits per heavy atom. The van der Waals surface area contributed by atoms with Crippen molar-refractivity contribution in [2.24, 2.45) is 5.92 Å². The number of hydrogen-bond acceptors (Lipinski definition) is 5. The van der Waals surface area contributed by atoms with Gasteiger partial charge in [0.2, 0.25) is 0 Å². The molecule has 20 heavy (non-hydrogen) atoms. The molecule has 0 aliphatic rings. The maximum atomic E-state index is 5.14. The Kier molecular flexibility index (Phi) is 7.30. The fourth-order valence-electron chi connectivity index (χ4n) is 2.04. The summed E-state index contributed by atoms with van der Waals surface area (Å²) in [5.74, 6) is 2.99.